The average Bonchev–Trinajstić information content (AvgIpc) is 2.32. The van der Waals surface area contributed by atoms with Gasteiger partial charge in [0, 0.05) is 22.9 Å². The summed E-state index contributed by atoms with van der Waals surface area (Å²) in [6.45, 7) is 4.93. The molecule has 0 radical (unpaired) electrons. The lowest BCUT2D eigenvalue weighted by Crippen LogP contribution is -2.01. The largest absolute Gasteiger partial charge is 0.330 e. The molecule has 0 aliphatic heterocycles. The molecule has 2 N–H and O–H groups in total. The van der Waals surface area contributed by atoms with Crippen LogP contribution in [0.2, 0.25) is 0 Å². The van der Waals surface area contributed by atoms with E-state index < -0.39 is 0 Å². The van der Waals surface area contributed by atoms with Crippen LogP contribution in [0.15, 0.2) is 0 Å². The van der Waals surface area contributed by atoms with Crippen LogP contribution in [0.4, 0.5) is 0 Å². The SMILES string of the molecule is Cc1nc(CSCCN)sc1C. The molecule has 1 aromatic rings. The molecule has 0 aliphatic carbocycles. The van der Waals surface area contributed by atoms with Crippen LogP contribution < -0.4 is 5.73 Å². The molecule has 1 heterocycles. The molecular weight excluding hydrogens is 188 g/mol. The average molecular weight is 202 g/mol. The van der Waals surface area contributed by atoms with Crippen LogP contribution in [0.3, 0.4) is 0 Å². The quantitative estimate of drug-likeness (QED) is 0.759. The van der Waals surface area contributed by atoms with Crippen molar-refractivity contribution in [3.63, 3.8) is 0 Å². The number of hydrogen-bond acceptors (Lipinski definition) is 4. The van der Waals surface area contributed by atoms with Gasteiger partial charge in [0.05, 0.1) is 5.69 Å². The highest BCUT2D eigenvalue weighted by Gasteiger charge is 2.02. The fourth-order valence-electron chi connectivity index (χ4n) is 0.844. The van der Waals surface area contributed by atoms with Crippen LogP contribution in [-0.4, -0.2) is 17.3 Å². The summed E-state index contributed by atoms with van der Waals surface area (Å²) in [6.07, 6.45) is 0. The van der Waals surface area contributed by atoms with E-state index in [1.54, 1.807) is 11.3 Å². The van der Waals surface area contributed by atoms with Gasteiger partial charge >= 0.3 is 0 Å². The Morgan fingerprint density at radius 2 is 2.25 bits per heavy atom. The van der Waals surface area contributed by atoms with E-state index >= 15 is 0 Å². The van der Waals surface area contributed by atoms with E-state index in [1.165, 1.54) is 15.6 Å². The van der Waals surface area contributed by atoms with Crippen molar-refractivity contribution in [2.75, 3.05) is 12.3 Å². The van der Waals surface area contributed by atoms with E-state index in [-0.39, 0.29) is 0 Å². The molecule has 0 atom stereocenters. The molecule has 0 spiro atoms. The molecule has 0 amide bonds. The predicted molar refractivity (Wildman–Crippen MR) is 56.8 cm³/mol. The van der Waals surface area contributed by atoms with E-state index in [1.807, 2.05) is 11.8 Å². The highest BCUT2D eigenvalue weighted by Crippen LogP contribution is 2.20. The van der Waals surface area contributed by atoms with Gasteiger partial charge in [0.25, 0.3) is 0 Å². The van der Waals surface area contributed by atoms with Crippen molar-refractivity contribution in [3.8, 4) is 0 Å². The minimum atomic E-state index is 0.758. The summed E-state index contributed by atoms with van der Waals surface area (Å²) >= 11 is 3.64. The molecule has 0 bridgehead atoms. The van der Waals surface area contributed by atoms with Gasteiger partial charge in [0.1, 0.15) is 5.01 Å². The topological polar surface area (TPSA) is 38.9 Å². The summed E-state index contributed by atoms with van der Waals surface area (Å²) in [5, 5.41) is 1.23. The minimum absolute atomic E-state index is 0.758. The molecule has 1 rings (SSSR count). The van der Waals surface area contributed by atoms with Crippen LogP contribution in [0, 0.1) is 13.8 Å². The first-order chi connectivity index (χ1) is 5.74. The molecule has 1 aromatic heterocycles. The molecule has 0 aliphatic rings. The minimum Gasteiger partial charge on any atom is -0.330 e. The van der Waals surface area contributed by atoms with Crippen molar-refractivity contribution in [2.24, 2.45) is 5.73 Å². The summed E-state index contributed by atoms with van der Waals surface area (Å²) in [7, 11) is 0. The van der Waals surface area contributed by atoms with Gasteiger partial charge in [-0.05, 0) is 13.8 Å². The maximum atomic E-state index is 5.39. The third kappa shape index (κ3) is 2.77. The van der Waals surface area contributed by atoms with Crippen molar-refractivity contribution in [1.82, 2.24) is 4.98 Å². The zero-order valence-corrected chi connectivity index (χ0v) is 9.10. The molecule has 0 aromatic carbocycles. The number of aromatic nitrogens is 1. The lowest BCUT2D eigenvalue weighted by molar-refractivity contribution is 1.14. The zero-order chi connectivity index (χ0) is 8.97. The second-order valence-electron chi connectivity index (χ2n) is 2.59. The van der Waals surface area contributed by atoms with Crippen LogP contribution in [0.1, 0.15) is 15.6 Å². The second kappa shape index (κ2) is 4.84. The third-order valence-corrected chi connectivity index (χ3v) is 3.82. The number of thioether (sulfide) groups is 1. The molecule has 2 nitrogen and oxygen atoms in total. The zero-order valence-electron chi connectivity index (χ0n) is 7.46. The lowest BCUT2D eigenvalue weighted by atomic mass is 10.4. The van der Waals surface area contributed by atoms with Gasteiger partial charge in [0.15, 0.2) is 0 Å². The summed E-state index contributed by atoms with van der Waals surface area (Å²) in [5.74, 6) is 2.04. The number of nitrogens with two attached hydrogens (primary N) is 1. The number of thiazole rings is 1. The molecular formula is C8H14N2S2. The molecule has 0 saturated carbocycles. The first-order valence-corrected chi connectivity index (χ1v) is 5.92. The summed E-state index contributed by atoms with van der Waals surface area (Å²) in [4.78, 5) is 5.77. The molecule has 12 heavy (non-hydrogen) atoms. The lowest BCUT2D eigenvalue weighted by Gasteiger charge is -1.93. The molecule has 0 unspecified atom stereocenters. The van der Waals surface area contributed by atoms with Gasteiger partial charge in [-0.2, -0.15) is 11.8 Å². The fourth-order valence-corrected chi connectivity index (χ4v) is 2.61. The van der Waals surface area contributed by atoms with E-state index in [4.69, 9.17) is 5.73 Å². The van der Waals surface area contributed by atoms with Crippen molar-refractivity contribution in [2.45, 2.75) is 19.6 Å². The first-order valence-electron chi connectivity index (χ1n) is 3.94. The number of rotatable bonds is 4. The predicted octanol–water partition coefficient (Wildman–Crippen LogP) is 1.95. The Kier molecular flexibility index (Phi) is 4.05. The van der Waals surface area contributed by atoms with Crippen LogP contribution in [-0.2, 0) is 5.75 Å². The monoisotopic (exact) mass is 202 g/mol. The normalized spacial score (nSPS) is 10.6. The Hall–Kier alpha value is -0.0600. The highest BCUT2D eigenvalue weighted by atomic mass is 32.2. The number of hydrogen-bond donors (Lipinski definition) is 1. The maximum absolute atomic E-state index is 5.39. The van der Waals surface area contributed by atoms with E-state index in [2.05, 4.69) is 18.8 Å². The Morgan fingerprint density at radius 1 is 1.50 bits per heavy atom. The van der Waals surface area contributed by atoms with Gasteiger partial charge < -0.3 is 5.73 Å². The summed E-state index contributed by atoms with van der Waals surface area (Å²) < 4.78 is 0. The molecule has 4 heteroatoms. The Morgan fingerprint density at radius 3 is 2.75 bits per heavy atom. The van der Waals surface area contributed by atoms with Gasteiger partial charge in [-0.15, -0.1) is 11.3 Å². The van der Waals surface area contributed by atoms with Crippen molar-refractivity contribution < 1.29 is 0 Å². The van der Waals surface area contributed by atoms with Crippen molar-refractivity contribution in [1.29, 1.82) is 0 Å². The van der Waals surface area contributed by atoms with Crippen LogP contribution in [0.5, 0.6) is 0 Å². The Bertz CT molecular complexity index is 226. The summed E-state index contributed by atoms with van der Waals surface area (Å²) in [5.41, 5.74) is 6.56. The Balaban J connectivity index is 2.42. The van der Waals surface area contributed by atoms with Crippen molar-refractivity contribution >= 4 is 23.1 Å². The van der Waals surface area contributed by atoms with Gasteiger partial charge in [-0.3, -0.25) is 0 Å². The molecule has 0 saturated heterocycles. The molecule has 68 valence electrons. The standard InChI is InChI=1S/C8H14N2S2/c1-6-7(2)12-8(10-6)5-11-4-3-9/h3-5,9H2,1-2H3. The molecule has 0 fully saturated rings. The van der Waals surface area contributed by atoms with E-state index in [9.17, 15) is 0 Å². The Labute approximate surface area is 81.6 Å². The van der Waals surface area contributed by atoms with Crippen LogP contribution >= 0.6 is 23.1 Å². The number of aryl methyl sites for hydroxylation is 2. The number of nitrogens with zero attached hydrogens (tertiary/aromatic N) is 1. The smallest absolute Gasteiger partial charge is 0.103 e. The van der Waals surface area contributed by atoms with Gasteiger partial charge in [-0.25, -0.2) is 4.98 Å². The van der Waals surface area contributed by atoms with Gasteiger partial charge in [0.2, 0.25) is 0 Å². The summed E-state index contributed by atoms with van der Waals surface area (Å²) in [6, 6.07) is 0. The van der Waals surface area contributed by atoms with Crippen LogP contribution in [0.25, 0.3) is 0 Å². The van der Waals surface area contributed by atoms with Gasteiger partial charge in [-0.1, -0.05) is 0 Å². The second-order valence-corrected chi connectivity index (χ2v) is 4.98. The third-order valence-electron chi connectivity index (χ3n) is 1.56. The fraction of sp³-hybridized carbons (Fsp3) is 0.625. The maximum Gasteiger partial charge on any atom is 0.103 e. The van der Waals surface area contributed by atoms with E-state index in [0.29, 0.717) is 0 Å². The highest BCUT2D eigenvalue weighted by molar-refractivity contribution is 7.98. The van der Waals surface area contributed by atoms with E-state index in [0.717, 1.165) is 18.1 Å². The first kappa shape index (κ1) is 10.0. The van der Waals surface area contributed by atoms with Crippen molar-refractivity contribution in [3.05, 3.63) is 15.6 Å².